The second-order valence-corrected chi connectivity index (χ2v) is 3.97. The Bertz CT molecular complexity index is 522. The van der Waals surface area contributed by atoms with Gasteiger partial charge in [-0.3, -0.25) is 5.10 Å². The Morgan fingerprint density at radius 2 is 2.18 bits per heavy atom. The monoisotopic (exact) mass is 235 g/mol. The number of benzene rings is 1. The summed E-state index contributed by atoms with van der Waals surface area (Å²) in [7, 11) is 0. The molecule has 0 saturated carbocycles. The van der Waals surface area contributed by atoms with Crippen LogP contribution < -0.4 is 10.5 Å². The fourth-order valence-electron chi connectivity index (χ4n) is 1.44. The maximum absolute atomic E-state index is 13.7. The molecule has 0 aliphatic rings. The molecule has 17 heavy (non-hydrogen) atoms. The van der Waals surface area contributed by atoms with E-state index in [-0.39, 0.29) is 11.8 Å². The van der Waals surface area contributed by atoms with E-state index in [2.05, 4.69) is 10.2 Å². The van der Waals surface area contributed by atoms with Crippen molar-refractivity contribution in [3.8, 4) is 11.6 Å². The second-order valence-electron chi connectivity index (χ2n) is 3.97. The molecule has 0 radical (unpaired) electrons. The summed E-state index contributed by atoms with van der Waals surface area (Å²) in [5, 5.41) is 6.59. The van der Waals surface area contributed by atoms with E-state index in [9.17, 15) is 4.39 Å². The van der Waals surface area contributed by atoms with Gasteiger partial charge in [-0.2, -0.15) is 0 Å². The Kier molecular flexibility index (Phi) is 3.10. The van der Waals surface area contributed by atoms with Crippen LogP contribution in [0.15, 0.2) is 24.3 Å². The number of nitrogens with zero attached hydrogens (tertiary/aromatic N) is 1. The van der Waals surface area contributed by atoms with E-state index in [4.69, 9.17) is 10.5 Å². The van der Waals surface area contributed by atoms with Crippen molar-refractivity contribution in [3.63, 3.8) is 0 Å². The first-order valence-corrected chi connectivity index (χ1v) is 5.31. The van der Waals surface area contributed by atoms with Gasteiger partial charge in [0.15, 0.2) is 11.6 Å². The van der Waals surface area contributed by atoms with Crippen molar-refractivity contribution in [2.75, 3.05) is 0 Å². The number of hydrogen-bond donors (Lipinski definition) is 2. The van der Waals surface area contributed by atoms with Crippen LogP contribution in [0.3, 0.4) is 0 Å². The molecule has 0 bridgehead atoms. The summed E-state index contributed by atoms with van der Waals surface area (Å²) < 4.78 is 19.0. The topological polar surface area (TPSA) is 63.9 Å². The van der Waals surface area contributed by atoms with Gasteiger partial charge in [0.25, 0.3) is 0 Å². The van der Waals surface area contributed by atoms with Crippen molar-refractivity contribution in [3.05, 3.63) is 41.3 Å². The quantitative estimate of drug-likeness (QED) is 0.859. The Labute approximate surface area is 98.6 Å². The van der Waals surface area contributed by atoms with Crippen LogP contribution in [0.2, 0.25) is 0 Å². The number of nitrogens with one attached hydrogen (secondary N) is 1. The van der Waals surface area contributed by atoms with Crippen molar-refractivity contribution in [1.29, 1.82) is 0 Å². The fraction of sp³-hybridized carbons (Fsp3) is 0.250. The lowest BCUT2D eigenvalue weighted by Crippen LogP contribution is -2.05. The van der Waals surface area contributed by atoms with Crippen LogP contribution in [0.1, 0.15) is 24.2 Å². The number of aromatic amines is 1. The van der Waals surface area contributed by atoms with Gasteiger partial charge in [0.1, 0.15) is 0 Å². The first-order chi connectivity index (χ1) is 8.06. The van der Waals surface area contributed by atoms with Crippen molar-refractivity contribution in [2.24, 2.45) is 5.73 Å². The van der Waals surface area contributed by atoms with Crippen molar-refractivity contribution < 1.29 is 9.13 Å². The molecule has 5 heteroatoms. The molecule has 0 spiro atoms. The van der Waals surface area contributed by atoms with E-state index in [1.807, 2.05) is 6.92 Å². The van der Waals surface area contributed by atoms with Crippen molar-refractivity contribution in [2.45, 2.75) is 19.9 Å². The van der Waals surface area contributed by atoms with Crippen LogP contribution in [0.5, 0.6) is 11.6 Å². The van der Waals surface area contributed by atoms with Crippen LogP contribution >= 0.6 is 0 Å². The summed E-state index contributed by atoms with van der Waals surface area (Å²) in [6.45, 7) is 3.64. The standard InChI is InChI=1S/C12H14FN3O/c1-7-5-12(16-15-7)17-11-4-3-9(8(2)14)6-10(11)13/h3-6,8H,14H2,1-2H3,(H,15,16). The summed E-state index contributed by atoms with van der Waals surface area (Å²) in [6.07, 6.45) is 0. The van der Waals surface area contributed by atoms with Crippen LogP contribution in [0.25, 0.3) is 0 Å². The predicted octanol–water partition coefficient (Wildman–Crippen LogP) is 2.67. The molecule has 0 aliphatic carbocycles. The molecular formula is C12H14FN3O. The van der Waals surface area contributed by atoms with Gasteiger partial charge < -0.3 is 10.5 Å². The number of ether oxygens (including phenoxy) is 1. The van der Waals surface area contributed by atoms with Gasteiger partial charge in [0, 0.05) is 17.8 Å². The van der Waals surface area contributed by atoms with Crippen molar-refractivity contribution in [1.82, 2.24) is 10.2 Å². The summed E-state index contributed by atoms with van der Waals surface area (Å²) in [6, 6.07) is 6.16. The number of aryl methyl sites for hydroxylation is 1. The normalized spacial score (nSPS) is 12.5. The molecule has 0 saturated heterocycles. The molecule has 1 heterocycles. The highest BCUT2D eigenvalue weighted by atomic mass is 19.1. The molecular weight excluding hydrogens is 221 g/mol. The lowest BCUT2D eigenvalue weighted by atomic mass is 10.1. The number of H-pyrrole nitrogens is 1. The fourth-order valence-corrected chi connectivity index (χ4v) is 1.44. The van der Waals surface area contributed by atoms with Gasteiger partial charge in [-0.15, -0.1) is 5.10 Å². The van der Waals surface area contributed by atoms with E-state index < -0.39 is 5.82 Å². The maximum Gasteiger partial charge on any atom is 0.238 e. The summed E-state index contributed by atoms with van der Waals surface area (Å²) in [5.41, 5.74) is 7.25. The Hall–Kier alpha value is -1.88. The van der Waals surface area contributed by atoms with Gasteiger partial charge >= 0.3 is 0 Å². The first-order valence-electron chi connectivity index (χ1n) is 5.31. The summed E-state index contributed by atoms with van der Waals surface area (Å²) in [4.78, 5) is 0. The number of rotatable bonds is 3. The van der Waals surface area contributed by atoms with Gasteiger partial charge in [0.2, 0.25) is 5.88 Å². The van der Waals surface area contributed by atoms with Crippen LogP contribution in [0.4, 0.5) is 4.39 Å². The van der Waals surface area contributed by atoms with Gasteiger partial charge in [-0.05, 0) is 31.5 Å². The average Bonchev–Trinajstić information content (AvgIpc) is 2.67. The van der Waals surface area contributed by atoms with E-state index in [0.717, 1.165) is 11.3 Å². The highest BCUT2D eigenvalue weighted by Crippen LogP contribution is 2.25. The van der Waals surface area contributed by atoms with Gasteiger partial charge in [-0.1, -0.05) is 6.07 Å². The molecule has 0 aliphatic heterocycles. The summed E-state index contributed by atoms with van der Waals surface area (Å²) >= 11 is 0. The lowest BCUT2D eigenvalue weighted by Gasteiger charge is -2.08. The molecule has 90 valence electrons. The Morgan fingerprint density at radius 1 is 1.41 bits per heavy atom. The van der Waals surface area contributed by atoms with Crippen LogP contribution in [0, 0.1) is 12.7 Å². The Morgan fingerprint density at radius 3 is 2.71 bits per heavy atom. The minimum atomic E-state index is -0.444. The molecule has 1 atom stereocenters. The molecule has 0 amide bonds. The molecule has 3 N–H and O–H groups in total. The maximum atomic E-state index is 13.7. The number of nitrogens with two attached hydrogens (primary N) is 1. The van der Waals surface area contributed by atoms with E-state index in [1.54, 1.807) is 25.1 Å². The van der Waals surface area contributed by atoms with Crippen LogP contribution in [-0.2, 0) is 0 Å². The van der Waals surface area contributed by atoms with E-state index in [1.165, 1.54) is 6.07 Å². The zero-order chi connectivity index (χ0) is 12.4. The first kappa shape index (κ1) is 11.6. The molecule has 1 aromatic heterocycles. The van der Waals surface area contributed by atoms with E-state index in [0.29, 0.717) is 5.88 Å². The largest absolute Gasteiger partial charge is 0.434 e. The van der Waals surface area contributed by atoms with Crippen LogP contribution in [-0.4, -0.2) is 10.2 Å². The molecule has 1 aromatic carbocycles. The van der Waals surface area contributed by atoms with Gasteiger partial charge in [0.05, 0.1) is 0 Å². The highest BCUT2D eigenvalue weighted by Gasteiger charge is 2.09. The lowest BCUT2D eigenvalue weighted by molar-refractivity contribution is 0.426. The smallest absolute Gasteiger partial charge is 0.238 e. The number of halogens is 1. The minimum absolute atomic E-state index is 0.140. The molecule has 1 unspecified atom stereocenters. The van der Waals surface area contributed by atoms with E-state index >= 15 is 0 Å². The molecule has 2 rings (SSSR count). The van der Waals surface area contributed by atoms with Gasteiger partial charge in [-0.25, -0.2) is 4.39 Å². The SMILES string of the molecule is Cc1cc(Oc2ccc(C(C)N)cc2F)n[nH]1. The zero-order valence-electron chi connectivity index (χ0n) is 9.70. The summed E-state index contributed by atoms with van der Waals surface area (Å²) in [5.74, 6) is 0.0382. The predicted molar refractivity (Wildman–Crippen MR) is 62.4 cm³/mol. The Balaban J connectivity index is 2.22. The molecule has 2 aromatic rings. The second kappa shape index (κ2) is 4.55. The number of hydrogen-bond acceptors (Lipinski definition) is 3. The third-order valence-corrected chi connectivity index (χ3v) is 2.38. The van der Waals surface area contributed by atoms with Crippen molar-refractivity contribution >= 4 is 0 Å². The number of aromatic nitrogens is 2. The minimum Gasteiger partial charge on any atom is -0.434 e. The highest BCUT2D eigenvalue weighted by molar-refractivity contribution is 5.33. The zero-order valence-corrected chi connectivity index (χ0v) is 9.70. The third kappa shape index (κ3) is 2.62. The third-order valence-electron chi connectivity index (χ3n) is 2.38. The molecule has 0 fully saturated rings. The molecule has 4 nitrogen and oxygen atoms in total. The average molecular weight is 235 g/mol.